The van der Waals surface area contributed by atoms with Crippen molar-refractivity contribution in [2.45, 2.75) is 178 Å². The second kappa shape index (κ2) is 30.0. The van der Waals surface area contributed by atoms with Crippen LogP contribution in [0, 0.1) is 0 Å². The van der Waals surface area contributed by atoms with Crippen LogP contribution in [0.1, 0.15) is 163 Å². The number of rotatable bonds is 30. The van der Waals surface area contributed by atoms with Crippen LogP contribution in [0.5, 0.6) is 0 Å². The third-order valence-corrected chi connectivity index (χ3v) is 8.83. The lowest BCUT2D eigenvalue weighted by atomic mass is 10.0. The fourth-order valence-electron chi connectivity index (χ4n) is 4.90. The SMILES string of the molecule is CCCCCCCCCCCCCCCCCCCCCCOCCCSC[C@H](NC(=O)OCC(Cl)(Cl)Cl)C(=O)OC(C)(C)C. The van der Waals surface area contributed by atoms with Crippen molar-refractivity contribution in [1.82, 2.24) is 5.32 Å². The van der Waals surface area contributed by atoms with Crippen molar-refractivity contribution in [3.05, 3.63) is 0 Å². The molecule has 0 aliphatic rings. The molecule has 45 heavy (non-hydrogen) atoms. The fourth-order valence-corrected chi connectivity index (χ4v) is 6.01. The summed E-state index contributed by atoms with van der Waals surface area (Å²) in [5, 5.41) is 2.52. The number of alkyl halides is 3. The van der Waals surface area contributed by atoms with Gasteiger partial charge in [-0.2, -0.15) is 11.8 Å². The van der Waals surface area contributed by atoms with Crippen molar-refractivity contribution in [2.75, 3.05) is 31.3 Å². The zero-order chi connectivity index (χ0) is 33.7. The molecule has 0 aromatic rings. The second-order valence-corrected chi connectivity index (χ2v) is 16.8. The van der Waals surface area contributed by atoms with Gasteiger partial charge in [0.05, 0.1) is 0 Å². The Morgan fingerprint density at radius 1 is 0.667 bits per heavy atom. The Morgan fingerprint density at radius 2 is 1.09 bits per heavy atom. The van der Waals surface area contributed by atoms with Crippen molar-refractivity contribution in [3.63, 3.8) is 0 Å². The normalized spacial score (nSPS) is 12.7. The van der Waals surface area contributed by atoms with Crippen LogP contribution < -0.4 is 5.32 Å². The minimum Gasteiger partial charge on any atom is -0.458 e. The van der Waals surface area contributed by atoms with Crippen molar-refractivity contribution in [1.29, 1.82) is 0 Å². The molecular formula is C35H66Cl3NO5S. The molecule has 10 heteroatoms. The van der Waals surface area contributed by atoms with E-state index in [1.54, 1.807) is 32.5 Å². The van der Waals surface area contributed by atoms with Crippen LogP contribution in [-0.4, -0.2) is 58.8 Å². The predicted molar refractivity (Wildman–Crippen MR) is 195 cm³/mol. The summed E-state index contributed by atoms with van der Waals surface area (Å²) in [5.74, 6) is 0.609. The number of nitrogens with one attached hydrogen (secondary N) is 1. The first kappa shape index (κ1) is 44.9. The zero-order valence-electron chi connectivity index (χ0n) is 29.0. The molecule has 0 radical (unpaired) electrons. The van der Waals surface area contributed by atoms with Gasteiger partial charge < -0.3 is 19.5 Å². The monoisotopic (exact) mass is 717 g/mol. The van der Waals surface area contributed by atoms with Gasteiger partial charge in [0.15, 0.2) is 0 Å². The molecule has 6 nitrogen and oxygen atoms in total. The van der Waals surface area contributed by atoms with Crippen molar-refractivity contribution < 1.29 is 23.8 Å². The predicted octanol–water partition coefficient (Wildman–Crippen LogP) is 11.8. The summed E-state index contributed by atoms with van der Waals surface area (Å²) in [6.45, 7) is 8.66. The van der Waals surface area contributed by atoms with E-state index in [1.165, 1.54) is 122 Å². The third-order valence-electron chi connectivity index (χ3n) is 7.35. The molecule has 0 spiro atoms. The van der Waals surface area contributed by atoms with Crippen LogP contribution in [0.2, 0.25) is 0 Å². The number of esters is 1. The smallest absolute Gasteiger partial charge is 0.408 e. The van der Waals surface area contributed by atoms with Gasteiger partial charge in [0, 0.05) is 19.0 Å². The van der Waals surface area contributed by atoms with E-state index in [2.05, 4.69) is 12.2 Å². The number of halogens is 3. The third kappa shape index (κ3) is 35.1. The lowest BCUT2D eigenvalue weighted by Gasteiger charge is -2.24. The van der Waals surface area contributed by atoms with Gasteiger partial charge in [0.1, 0.15) is 18.2 Å². The van der Waals surface area contributed by atoms with Crippen LogP contribution in [0.25, 0.3) is 0 Å². The molecule has 0 heterocycles. The Kier molecular flexibility index (Phi) is 30.0. The minimum absolute atomic E-state index is 0.344. The number of carbonyl (C=O) groups excluding carboxylic acids is 2. The molecule has 1 amide bonds. The average molecular weight is 719 g/mol. The number of amides is 1. The molecule has 0 aliphatic heterocycles. The summed E-state index contributed by atoms with van der Waals surface area (Å²) in [5.41, 5.74) is -0.678. The highest BCUT2D eigenvalue weighted by Crippen LogP contribution is 2.26. The number of hydrogen-bond donors (Lipinski definition) is 1. The van der Waals surface area contributed by atoms with Gasteiger partial charge in [-0.1, -0.05) is 164 Å². The highest BCUT2D eigenvalue weighted by atomic mass is 35.6. The van der Waals surface area contributed by atoms with Crippen LogP contribution in [-0.2, 0) is 19.0 Å². The van der Waals surface area contributed by atoms with Crippen molar-refractivity contribution in [2.24, 2.45) is 0 Å². The Labute approximate surface area is 295 Å². The van der Waals surface area contributed by atoms with E-state index in [0.29, 0.717) is 12.4 Å². The molecule has 1 atom stereocenters. The number of ether oxygens (including phenoxy) is 3. The first-order chi connectivity index (χ1) is 21.4. The molecule has 0 rings (SSSR count). The summed E-state index contributed by atoms with van der Waals surface area (Å²) in [6, 6.07) is -0.868. The number of alkyl carbamates (subject to hydrolysis) is 1. The summed E-state index contributed by atoms with van der Waals surface area (Å²) in [6.07, 6.45) is 27.7. The molecule has 0 unspecified atom stereocenters. The largest absolute Gasteiger partial charge is 0.458 e. The highest BCUT2D eigenvalue weighted by molar-refractivity contribution is 7.99. The zero-order valence-corrected chi connectivity index (χ0v) is 32.1. The molecule has 1 N–H and O–H groups in total. The molecule has 0 aliphatic carbocycles. The quantitative estimate of drug-likeness (QED) is 0.0453. The molecule has 0 aromatic carbocycles. The van der Waals surface area contributed by atoms with Gasteiger partial charge in [-0.15, -0.1) is 0 Å². The lowest BCUT2D eigenvalue weighted by Crippen LogP contribution is -2.46. The lowest BCUT2D eigenvalue weighted by molar-refractivity contribution is -0.156. The molecule has 0 aromatic heterocycles. The number of carbonyl (C=O) groups is 2. The molecule has 0 fully saturated rings. The van der Waals surface area contributed by atoms with Gasteiger partial charge >= 0.3 is 12.1 Å². The molecule has 268 valence electrons. The van der Waals surface area contributed by atoms with Gasteiger partial charge in [-0.25, -0.2) is 9.59 Å². The van der Waals surface area contributed by atoms with Crippen molar-refractivity contribution >= 4 is 58.6 Å². The van der Waals surface area contributed by atoms with E-state index in [1.807, 2.05) is 0 Å². The molecule has 0 bridgehead atoms. The first-order valence-corrected chi connectivity index (χ1v) is 20.1. The Balaban J connectivity index is 3.62. The van der Waals surface area contributed by atoms with E-state index < -0.39 is 34.1 Å². The fraction of sp³-hybridized carbons (Fsp3) is 0.943. The molecule has 0 saturated carbocycles. The van der Waals surface area contributed by atoms with E-state index in [4.69, 9.17) is 49.0 Å². The van der Waals surface area contributed by atoms with Gasteiger partial charge in [-0.05, 0) is 39.4 Å². The highest BCUT2D eigenvalue weighted by Gasteiger charge is 2.28. The first-order valence-electron chi connectivity index (χ1n) is 17.8. The maximum Gasteiger partial charge on any atom is 0.408 e. The second-order valence-electron chi connectivity index (χ2n) is 13.2. The summed E-state index contributed by atoms with van der Waals surface area (Å²) >= 11 is 18.4. The minimum atomic E-state index is -1.72. The number of thioether (sulfide) groups is 1. The topological polar surface area (TPSA) is 73.9 Å². The van der Waals surface area contributed by atoms with Crippen LogP contribution in [0.4, 0.5) is 4.79 Å². The van der Waals surface area contributed by atoms with E-state index >= 15 is 0 Å². The van der Waals surface area contributed by atoms with Crippen LogP contribution in [0.3, 0.4) is 0 Å². The average Bonchev–Trinajstić information content (AvgIpc) is 2.96. The Bertz CT molecular complexity index is 704. The number of unbranched alkanes of at least 4 members (excludes halogenated alkanes) is 19. The van der Waals surface area contributed by atoms with Gasteiger partial charge in [0.2, 0.25) is 3.79 Å². The molecule has 0 saturated heterocycles. The maximum atomic E-state index is 12.6. The standard InChI is InChI=1S/C35H66Cl3NO5S/c1-5-6-7-8-9-10-11-12-13-14-15-16-17-18-19-20-21-22-23-24-26-42-27-25-28-45-29-31(32(40)44-34(2,3)4)39-33(41)43-30-35(36,37)38/h31H,5-30H2,1-4H3,(H,39,41)/t31-/m0/s1. The Hall–Kier alpha value is -0.0800. The Morgan fingerprint density at radius 3 is 1.51 bits per heavy atom. The van der Waals surface area contributed by atoms with Gasteiger partial charge in [-0.3, -0.25) is 0 Å². The number of hydrogen-bond acceptors (Lipinski definition) is 6. The summed E-state index contributed by atoms with van der Waals surface area (Å²) in [7, 11) is 0. The van der Waals surface area contributed by atoms with Crippen LogP contribution >= 0.6 is 46.6 Å². The maximum absolute atomic E-state index is 12.6. The molecular weight excluding hydrogens is 653 g/mol. The summed E-state index contributed by atoms with van der Waals surface area (Å²) in [4.78, 5) is 24.6. The van der Waals surface area contributed by atoms with E-state index in [9.17, 15) is 9.59 Å². The van der Waals surface area contributed by atoms with Crippen LogP contribution in [0.15, 0.2) is 0 Å². The van der Waals surface area contributed by atoms with E-state index in [0.717, 1.165) is 25.2 Å². The summed E-state index contributed by atoms with van der Waals surface area (Å²) < 4.78 is 14.4. The van der Waals surface area contributed by atoms with Gasteiger partial charge in [0.25, 0.3) is 0 Å². The van der Waals surface area contributed by atoms with Crippen molar-refractivity contribution in [3.8, 4) is 0 Å². The van der Waals surface area contributed by atoms with E-state index in [-0.39, 0.29) is 0 Å².